The second-order valence-corrected chi connectivity index (χ2v) is 24.2. The molecule has 0 fully saturated rings. The predicted molar refractivity (Wildman–Crippen MR) is 267 cm³/mol. The van der Waals surface area contributed by atoms with Crippen molar-refractivity contribution >= 4 is 57.2 Å². The molecule has 314 valence electrons. The predicted octanol–water partition coefficient (Wildman–Crippen LogP) is 13.9. The minimum absolute atomic E-state index is 0.0569. The lowest BCUT2D eigenvalue weighted by Gasteiger charge is -2.45. The average Bonchev–Trinajstić information content (AvgIpc) is 3.59. The molecule has 0 bridgehead atoms. The van der Waals surface area contributed by atoms with Crippen LogP contribution in [0.15, 0.2) is 103 Å². The summed E-state index contributed by atoms with van der Waals surface area (Å²) in [5, 5.41) is 0. The van der Waals surface area contributed by atoms with Gasteiger partial charge in [0.15, 0.2) is 0 Å². The molecule has 6 aromatic carbocycles. The fraction of sp³-hybridized carbons (Fsp3) is 0.390. The Morgan fingerprint density at radius 3 is 1.50 bits per heavy atom. The van der Waals surface area contributed by atoms with Gasteiger partial charge in [-0.05, 0) is 180 Å². The van der Waals surface area contributed by atoms with Crippen LogP contribution in [0.2, 0.25) is 0 Å². The summed E-state index contributed by atoms with van der Waals surface area (Å²) in [4.78, 5) is 5.35. The highest BCUT2D eigenvalue weighted by Gasteiger charge is 2.50. The molecule has 0 spiro atoms. The van der Waals surface area contributed by atoms with Gasteiger partial charge in [-0.25, -0.2) is 0 Å². The first-order valence-electron chi connectivity index (χ1n) is 23.4. The van der Waals surface area contributed by atoms with Crippen LogP contribution in [-0.2, 0) is 32.5 Å². The zero-order valence-electron chi connectivity index (χ0n) is 39.9. The van der Waals surface area contributed by atoms with E-state index >= 15 is 0 Å². The fourth-order valence-electron chi connectivity index (χ4n) is 14.4. The van der Waals surface area contributed by atoms with Crippen molar-refractivity contribution in [1.29, 1.82) is 0 Å². The van der Waals surface area contributed by atoms with E-state index in [-0.39, 0.29) is 39.2 Å². The van der Waals surface area contributed by atoms with Crippen molar-refractivity contribution < 1.29 is 0 Å². The number of nitrogens with zero attached hydrogens (tertiary/aromatic N) is 2. The molecule has 2 aliphatic heterocycles. The molecule has 3 aliphatic carbocycles. The van der Waals surface area contributed by atoms with Crippen molar-refractivity contribution in [3.05, 3.63) is 148 Å². The molecule has 0 N–H and O–H groups in total. The standard InChI is InChI=1S/C59H65BN2/c1-35-24-51-53-52(25-35)62(49-30-44-41(26-36(49)2)55(5,6)33-58(44,11)12)50-31-45-43(57(9,10)34-59(45,13)14)29-47(50)60(53)46-27-38(37-18-16-15-17-19-37)20-23-48(46)61(51)39-21-22-40-42(28-39)56(7,8)32-54(40,3)4/h15-31H,32-34H2,1-14H3. The largest absolute Gasteiger partial charge is 0.311 e. The van der Waals surface area contributed by atoms with Gasteiger partial charge in [-0.1, -0.05) is 144 Å². The van der Waals surface area contributed by atoms with Gasteiger partial charge in [-0.3, -0.25) is 0 Å². The number of fused-ring (bicyclic) bond motifs is 7. The highest BCUT2D eigenvalue weighted by atomic mass is 15.2. The summed E-state index contributed by atoms with van der Waals surface area (Å²) in [6, 6.07) is 41.3. The summed E-state index contributed by atoms with van der Waals surface area (Å²) in [5.41, 5.74) is 26.7. The lowest BCUT2D eigenvalue weighted by molar-refractivity contribution is 0.402. The molecule has 0 radical (unpaired) electrons. The molecule has 0 saturated carbocycles. The number of aryl methyl sites for hydroxylation is 2. The van der Waals surface area contributed by atoms with E-state index in [2.05, 4.69) is 210 Å². The van der Waals surface area contributed by atoms with E-state index in [1.807, 2.05) is 0 Å². The maximum Gasteiger partial charge on any atom is 0.252 e. The van der Waals surface area contributed by atoms with Crippen LogP contribution < -0.4 is 26.2 Å². The van der Waals surface area contributed by atoms with E-state index in [4.69, 9.17) is 0 Å². The summed E-state index contributed by atoms with van der Waals surface area (Å²) >= 11 is 0. The SMILES string of the molecule is Cc1cc2c3c(c1)N(c1cc4c(cc1C)C(C)(C)CC4(C)C)c1cc4c(cc1B3c1cc(-c3ccccc3)ccc1N2c1ccc2c(c1)C(C)(C)CC2(C)C)C(C)(C)CC4(C)C. The number of hydrogen-bond donors (Lipinski definition) is 0. The topological polar surface area (TPSA) is 6.48 Å². The highest BCUT2D eigenvalue weighted by Crippen LogP contribution is 2.56. The van der Waals surface area contributed by atoms with Crippen molar-refractivity contribution in [2.24, 2.45) is 0 Å². The van der Waals surface area contributed by atoms with Gasteiger partial charge in [0, 0.05) is 34.1 Å². The first-order chi connectivity index (χ1) is 29.0. The first kappa shape index (κ1) is 39.8. The molecule has 62 heavy (non-hydrogen) atoms. The molecule has 0 atom stereocenters. The Balaban J connectivity index is 1.25. The zero-order chi connectivity index (χ0) is 43.8. The maximum absolute atomic E-state index is 2.72. The minimum atomic E-state index is 0.0569. The molecule has 0 saturated heterocycles. The van der Waals surface area contributed by atoms with Crippen LogP contribution in [0.5, 0.6) is 0 Å². The van der Waals surface area contributed by atoms with E-state index in [1.165, 1.54) is 106 Å². The lowest BCUT2D eigenvalue weighted by Crippen LogP contribution is -2.61. The van der Waals surface area contributed by atoms with E-state index in [1.54, 1.807) is 0 Å². The van der Waals surface area contributed by atoms with Crippen LogP contribution in [0, 0.1) is 13.8 Å². The van der Waals surface area contributed by atoms with Gasteiger partial charge in [-0.15, -0.1) is 0 Å². The Morgan fingerprint density at radius 2 is 0.887 bits per heavy atom. The van der Waals surface area contributed by atoms with E-state index in [0.717, 1.165) is 19.3 Å². The Kier molecular flexibility index (Phi) is 7.94. The summed E-state index contributed by atoms with van der Waals surface area (Å²) < 4.78 is 0. The highest BCUT2D eigenvalue weighted by molar-refractivity contribution is 7.00. The molecule has 5 aliphatic rings. The Hall–Kier alpha value is -5.02. The quantitative estimate of drug-likeness (QED) is 0.164. The molecule has 2 heterocycles. The van der Waals surface area contributed by atoms with Crippen LogP contribution in [0.1, 0.15) is 147 Å². The van der Waals surface area contributed by atoms with Gasteiger partial charge in [0.05, 0.1) is 0 Å². The third-order valence-electron chi connectivity index (χ3n) is 16.3. The molecular formula is C59H65BN2. The third-order valence-corrected chi connectivity index (χ3v) is 16.3. The molecule has 2 nitrogen and oxygen atoms in total. The van der Waals surface area contributed by atoms with Gasteiger partial charge in [0.1, 0.15) is 0 Å². The van der Waals surface area contributed by atoms with Crippen LogP contribution in [-0.4, -0.2) is 6.71 Å². The second kappa shape index (κ2) is 12.4. The van der Waals surface area contributed by atoms with Crippen molar-refractivity contribution in [1.82, 2.24) is 0 Å². The molecule has 3 heteroatoms. The second-order valence-electron chi connectivity index (χ2n) is 24.2. The Morgan fingerprint density at radius 1 is 0.387 bits per heavy atom. The zero-order valence-corrected chi connectivity index (χ0v) is 39.9. The normalized spacial score (nSPS) is 20.6. The number of hydrogen-bond acceptors (Lipinski definition) is 2. The molecule has 0 unspecified atom stereocenters. The fourth-order valence-corrected chi connectivity index (χ4v) is 14.4. The van der Waals surface area contributed by atoms with Crippen LogP contribution >= 0.6 is 0 Å². The van der Waals surface area contributed by atoms with Crippen molar-refractivity contribution in [3.63, 3.8) is 0 Å². The molecule has 6 aromatic rings. The number of anilines is 6. The van der Waals surface area contributed by atoms with Crippen LogP contribution in [0.4, 0.5) is 34.1 Å². The minimum Gasteiger partial charge on any atom is -0.311 e. The summed E-state index contributed by atoms with van der Waals surface area (Å²) in [6.07, 6.45) is 3.43. The first-order valence-corrected chi connectivity index (χ1v) is 23.4. The van der Waals surface area contributed by atoms with Crippen molar-refractivity contribution in [2.45, 2.75) is 149 Å². The van der Waals surface area contributed by atoms with Gasteiger partial charge in [0.2, 0.25) is 0 Å². The van der Waals surface area contributed by atoms with E-state index in [0.29, 0.717) is 0 Å². The molecule has 0 aromatic heterocycles. The maximum atomic E-state index is 2.72. The van der Waals surface area contributed by atoms with Gasteiger partial charge >= 0.3 is 0 Å². The van der Waals surface area contributed by atoms with Crippen LogP contribution in [0.3, 0.4) is 0 Å². The molecule has 11 rings (SSSR count). The van der Waals surface area contributed by atoms with Crippen molar-refractivity contribution in [3.8, 4) is 11.1 Å². The van der Waals surface area contributed by atoms with E-state index < -0.39 is 0 Å². The van der Waals surface area contributed by atoms with Crippen molar-refractivity contribution in [2.75, 3.05) is 9.80 Å². The van der Waals surface area contributed by atoms with Gasteiger partial charge < -0.3 is 9.80 Å². The molecule has 0 amide bonds. The Labute approximate surface area is 372 Å². The Bertz CT molecular complexity index is 2920. The monoisotopic (exact) mass is 813 g/mol. The molecular weight excluding hydrogens is 747 g/mol. The van der Waals surface area contributed by atoms with Crippen LogP contribution in [0.25, 0.3) is 11.1 Å². The summed E-state index contributed by atoms with van der Waals surface area (Å²) in [5.74, 6) is 0. The average molecular weight is 813 g/mol. The third kappa shape index (κ3) is 5.48. The number of rotatable bonds is 3. The lowest BCUT2D eigenvalue weighted by atomic mass is 9.33. The number of benzene rings is 6. The van der Waals surface area contributed by atoms with E-state index in [9.17, 15) is 0 Å². The summed E-state index contributed by atoms with van der Waals surface area (Å²) in [6.45, 7) is 34.2. The summed E-state index contributed by atoms with van der Waals surface area (Å²) in [7, 11) is 0. The van der Waals surface area contributed by atoms with Gasteiger partial charge in [-0.2, -0.15) is 0 Å². The van der Waals surface area contributed by atoms with Gasteiger partial charge in [0.25, 0.3) is 6.71 Å². The smallest absolute Gasteiger partial charge is 0.252 e.